The van der Waals surface area contributed by atoms with E-state index in [1.807, 2.05) is 0 Å². The minimum absolute atomic E-state index is 0.0607. The van der Waals surface area contributed by atoms with Crippen LogP contribution in [0.15, 0.2) is 24.3 Å². The van der Waals surface area contributed by atoms with Gasteiger partial charge in [0.25, 0.3) is 11.6 Å². The van der Waals surface area contributed by atoms with Crippen molar-refractivity contribution in [1.29, 1.82) is 0 Å². The number of rotatable bonds is 3. The maximum Gasteiger partial charge on any atom is 0.269 e. The van der Waals surface area contributed by atoms with Gasteiger partial charge in [-0.05, 0) is 44.0 Å². The largest absolute Gasteiger partial charge is 0.292 e. The van der Waals surface area contributed by atoms with Crippen LogP contribution in [0.4, 0.5) is 11.4 Å². The molecule has 7 nitrogen and oxygen atoms in total. The van der Waals surface area contributed by atoms with Crippen LogP contribution in [0.3, 0.4) is 0 Å². The van der Waals surface area contributed by atoms with E-state index < -0.39 is 11.0 Å². The molecule has 23 heavy (non-hydrogen) atoms. The van der Waals surface area contributed by atoms with Gasteiger partial charge in [0.2, 0.25) is 5.91 Å². The van der Waals surface area contributed by atoms with Crippen LogP contribution in [0.25, 0.3) is 0 Å². The quantitative estimate of drug-likeness (QED) is 0.483. The topological polar surface area (TPSA) is 83.8 Å². The van der Waals surface area contributed by atoms with E-state index >= 15 is 0 Å². The Bertz CT molecular complexity index is 635. The zero-order valence-electron chi connectivity index (χ0n) is 13.0. The number of nitrogens with zero attached hydrogens (tertiary/aromatic N) is 3. The molecule has 1 aromatic rings. The zero-order valence-corrected chi connectivity index (χ0v) is 13.0. The third-order valence-corrected chi connectivity index (χ3v) is 4.70. The predicted molar refractivity (Wildman–Crippen MR) is 84.0 cm³/mol. The van der Waals surface area contributed by atoms with Crippen molar-refractivity contribution in [1.82, 2.24) is 4.90 Å². The van der Waals surface area contributed by atoms with Crippen LogP contribution in [0.1, 0.15) is 26.2 Å². The van der Waals surface area contributed by atoms with Crippen LogP contribution < -0.4 is 4.90 Å². The first-order valence-corrected chi connectivity index (χ1v) is 7.82. The summed E-state index contributed by atoms with van der Waals surface area (Å²) in [6, 6.07) is 5.13. The number of nitro groups is 1. The molecular weight excluding hydrogens is 298 g/mol. The van der Waals surface area contributed by atoms with Gasteiger partial charge in [-0.15, -0.1) is 0 Å². The highest BCUT2D eigenvalue weighted by Gasteiger charge is 2.43. The van der Waals surface area contributed by atoms with Gasteiger partial charge in [0.15, 0.2) is 0 Å². The number of carbonyl (C=O) groups excluding carboxylic acids is 2. The van der Waals surface area contributed by atoms with Gasteiger partial charge in [-0.3, -0.25) is 24.6 Å². The smallest absolute Gasteiger partial charge is 0.269 e. The molecule has 0 spiro atoms. The van der Waals surface area contributed by atoms with E-state index in [0.717, 1.165) is 30.8 Å². The Hall–Kier alpha value is -2.28. The normalized spacial score (nSPS) is 23.5. The van der Waals surface area contributed by atoms with Crippen LogP contribution >= 0.6 is 0 Å². The van der Waals surface area contributed by atoms with Gasteiger partial charge in [-0.2, -0.15) is 0 Å². The summed E-state index contributed by atoms with van der Waals surface area (Å²) in [7, 11) is 0. The summed E-state index contributed by atoms with van der Waals surface area (Å²) in [6.07, 6.45) is 2.26. The number of non-ortho nitro benzene ring substituents is 1. The minimum atomic E-state index is -0.505. The fourth-order valence-corrected chi connectivity index (χ4v) is 3.24. The molecule has 7 heteroatoms. The van der Waals surface area contributed by atoms with Gasteiger partial charge in [-0.25, -0.2) is 4.90 Å². The van der Waals surface area contributed by atoms with Crippen LogP contribution in [-0.2, 0) is 9.59 Å². The molecule has 2 heterocycles. The van der Waals surface area contributed by atoms with Gasteiger partial charge < -0.3 is 0 Å². The molecule has 0 N–H and O–H groups in total. The fourth-order valence-electron chi connectivity index (χ4n) is 3.24. The van der Waals surface area contributed by atoms with Crippen LogP contribution in [0.5, 0.6) is 0 Å². The van der Waals surface area contributed by atoms with E-state index in [-0.39, 0.29) is 23.9 Å². The van der Waals surface area contributed by atoms with Gasteiger partial charge in [-0.1, -0.05) is 6.92 Å². The molecule has 0 saturated carbocycles. The standard InChI is InChI=1S/C16H19N3O4/c1-11-6-8-17(9-7-11)14-10-15(20)18(16(14)21)12-2-4-13(5-3-12)19(22)23/h2-5,11,14H,6-10H2,1H3/t14-/m1/s1. The van der Waals surface area contributed by atoms with Crippen LogP contribution in [0.2, 0.25) is 0 Å². The predicted octanol–water partition coefficient (Wildman–Crippen LogP) is 1.96. The molecule has 2 fully saturated rings. The lowest BCUT2D eigenvalue weighted by atomic mass is 9.97. The summed E-state index contributed by atoms with van der Waals surface area (Å²) in [6.45, 7) is 3.86. The minimum Gasteiger partial charge on any atom is -0.292 e. The number of amides is 2. The third kappa shape index (κ3) is 2.96. The molecule has 1 aromatic carbocycles. The number of benzene rings is 1. The Morgan fingerprint density at radius 2 is 1.74 bits per heavy atom. The van der Waals surface area contributed by atoms with Gasteiger partial charge in [0.1, 0.15) is 0 Å². The summed E-state index contributed by atoms with van der Waals surface area (Å²) in [4.78, 5) is 38.4. The average molecular weight is 317 g/mol. The summed E-state index contributed by atoms with van der Waals surface area (Å²) in [5, 5.41) is 10.7. The van der Waals surface area contributed by atoms with Crippen molar-refractivity contribution >= 4 is 23.2 Å². The highest BCUT2D eigenvalue weighted by Crippen LogP contribution is 2.29. The molecule has 2 aliphatic heterocycles. The monoisotopic (exact) mass is 317 g/mol. The van der Waals surface area contributed by atoms with Crippen LogP contribution in [-0.4, -0.2) is 40.8 Å². The molecule has 2 saturated heterocycles. The molecule has 0 aliphatic carbocycles. The van der Waals surface area contributed by atoms with E-state index in [1.54, 1.807) is 0 Å². The second-order valence-corrected chi connectivity index (χ2v) is 6.28. The van der Waals surface area contributed by atoms with Crippen molar-refractivity contribution in [2.75, 3.05) is 18.0 Å². The molecule has 1 atom stereocenters. The summed E-state index contributed by atoms with van der Waals surface area (Å²) >= 11 is 0. The van der Waals surface area contributed by atoms with E-state index in [9.17, 15) is 19.7 Å². The van der Waals surface area contributed by atoms with Crippen molar-refractivity contribution in [3.05, 3.63) is 34.4 Å². The lowest BCUT2D eigenvalue weighted by Gasteiger charge is -2.33. The number of carbonyl (C=O) groups is 2. The van der Waals surface area contributed by atoms with Gasteiger partial charge in [0.05, 0.1) is 23.1 Å². The maximum atomic E-state index is 12.6. The zero-order chi connectivity index (χ0) is 16.6. The lowest BCUT2D eigenvalue weighted by Crippen LogP contribution is -2.45. The number of hydrogen-bond donors (Lipinski definition) is 0. The van der Waals surface area contributed by atoms with Gasteiger partial charge in [0, 0.05) is 12.1 Å². The third-order valence-electron chi connectivity index (χ3n) is 4.70. The Labute approximate surface area is 134 Å². The van der Waals surface area contributed by atoms with Crippen molar-refractivity contribution in [2.24, 2.45) is 5.92 Å². The molecule has 3 rings (SSSR count). The number of nitro benzene ring substituents is 1. The second-order valence-electron chi connectivity index (χ2n) is 6.28. The van der Waals surface area contributed by atoms with Crippen molar-refractivity contribution < 1.29 is 14.5 Å². The molecule has 2 amide bonds. The summed E-state index contributed by atoms with van der Waals surface area (Å²) < 4.78 is 0. The SMILES string of the molecule is CC1CCN([C@@H]2CC(=O)N(c3ccc([N+](=O)[O-])cc3)C2=O)CC1. The van der Waals surface area contributed by atoms with E-state index in [1.165, 1.54) is 24.3 Å². The Kier molecular flexibility index (Phi) is 4.12. The first-order valence-electron chi connectivity index (χ1n) is 7.82. The Balaban J connectivity index is 1.77. The van der Waals surface area contributed by atoms with Crippen molar-refractivity contribution in [3.63, 3.8) is 0 Å². The molecule has 0 radical (unpaired) electrons. The first-order chi connectivity index (χ1) is 11.0. The second kappa shape index (κ2) is 6.08. The molecule has 0 aromatic heterocycles. The average Bonchev–Trinajstić information content (AvgIpc) is 2.83. The molecule has 0 unspecified atom stereocenters. The molecular formula is C16H19N3O4. The van der Waals surface area contributed by atoms with Gasteiger partial charge >= 0.3 is 0 Å². The Morgan fingerprint density at radius 1 is 1.13 bits per heavy atom. The fraction of sp³-hybridized carbons (Fsp3) is 0.500. The highest BCUT2D eigenvalue weighted by molar-refractivity contribution is 6.22. The maximum absolute atomic E-state index is 12.6. The number of imide groups is 1. The molecule has 2 aliphatic rings. The number of piperidine rings is 1. The lowest BCUT2D eigenvalue weighted by molar-refractivity contribution is -0.384. The summed E-state index contributed by atoms with van der Waals surface area (Å²) in [5.74, 6) is 0.190. The van der Waals surface area contributed by atoms with E-state index in [4.69, 9.17) is 0 Å². The number of anilines is 1. The van der Waals surface area contributed by atoms with Crippen molar-refractivity contribution in [3.8, 4) is 0 Å². The Morgan fingerprint density at radius 3 is 2.30 bits per heavy atom. The molecule has 122 valence electrons. The van der Waals surface area contributed by atoms with Crippen LogP contribution in [0, 0.1) is 16.0 Å². The number of hydrogen-bond acceptors (Lipinski definition) is 5. The van der Waals surface area contributed by atoms with E-state index in [0.29, 0.717) is 11.6 Å². The first kappa shape index (κ1) is 15.6. The van der Waals surface area contributed by atoms with E-state index in [2.05, 4.69) is 11.8 Å². The molecule has 0 bridgehead atoms. The number of likely N-dealkylation sites (tertiary alicyclic amines) is 1. The highest BCUT2D eigenvalue weighted by atomic mass is 16.6. The summed E-state index contributed by atoms with van der Waals surface area (Å²) in [5.41, 5.74) is 0.341. The van der Waals surface area contributed by atoms with Crippen molar-refractivity contribution in [2.45, 2.75) is 32.2 Å².